The smallest absolute Gasteiger partial charge is 0.0694 e. The lowest BCUT2D eigenvalue weighted by atomic mass is 9.99. The maximum Gasteiger partial charge on any atom is 0.0694 e. The van der Waals surface area contributed by atoms with Crippen LogP contribution in [-0.4, -0.2) is 31.8 Å². The van der Waals surface area contributed by atoms with Crippen molar-refractivity contribution in [3.63, 3.8) is 0 Å². The Hall–Kier alpha value is -1.06. The van der Waals surface area contributed by atoms with Crippen molar-refractivity contribution in [2.45, 2.75) is 32.7 Å². The average Bonchev–Trinajstić information content (AvgIpc) is 2.31. The number of hydrogen-bond acceptors (Lipinski definition) is 3. The van der Waals surface area contributed by atoms with Gasteiger partial charge in [-0.1, -0.05) is 6.07 Å². The standard InChI is InChI=1S/C15H24N2O/c1-12-10-14(5-4-13(12)6-7-16)17-8-9-18-11-15(17,2)3/h4-5,10H,6-9,11,16H2,1-3H3. The number of nitrogens with two attached hydrogens (primary N) is 1. The van der Waals surface area contributed by atoms with E-state index in [1.54, 1.807) is 0 Å². The average molecular weight is 248 g/mol. The van der Waals surface area contributed by atoms with E-state index in [9.17, 15) is 0 Å². The van der Waals surface area contributed by atoms with Crippen molar-refractivity contribution in [1.82, 2.24) is 0 Å². The lowest BCUT2D eigenvalue weighted by molar-refractivity contribution is 0.0644. The van der Waals surface area contributed by atoms with Crippen LogP contribution in [0.1, 0.15) is 25.0 Å². The van der Waals surface area contributed by atoms with E-state index in [1.165, 1.54) is 16.8 Å². The first-order valence-electron chi connectivity index (χ1n) is 6.69. The molecule has 1 heterocycles. The van der Waals surface area contributed by atoms with Crippen molar-refractivity contribution in [1.29, 1.82) is 0 Å². The molecule has 1 aromatic carbocycles. The van der Waals surface area contributed by atoms with Crippen LogP contribution in [0.2, 0.25) is 0 Å². The number of benzene rings is 1. The lowest BCUT2D eigenvalue weighted by Crippen LogP contribution is -2.53. The molecule has 0 aliphatic carbocycles. The zero-order chi connectivity index (χ0) is 13.2. The molecule has 0 unspecified atom stereocenters. The minimum atomic E-state index is 0.0695. The molecule has 2 N–H and O–H groups in total. The molecule has 0 spiro atoms. The van der Waals surface area contributed by atoms with E-state index in [0.29, 0.717) is 6.54 Å². The predicted octanol–water partition coefficient (Wildman–Crippen LogP) is 2.11. The van der Waals surface area contributed by atoms with Crippen LogP contribution >= 0.6 is 0 Å². The highest BCUT2D eigenvalue weighted by molar-refractivity contribution is 5.53. The van der Waals surface area contributed by atoms with E-state index >= 15 is 0 Å². The van der Waals surface area contributed by atoms with Crippen LogP contribution in [0, 0.1) is 6.92 Å². The van der Waals surface area contributed by atoms with Crippen LogP contribution in [0.15, 0.2) is 18.2 Å². The minimum absolute atomic E-state index is 0.0695. The van der Waals surface area contributed by atoms with Crippen molar-refractivity contribution in [3.05, 3.63) is 29.3 Å². The van der Waals surface area contributed by atoms with E-state index in [2.05, 4.69) is 43.9 Å². The summed E-state index contributed by atoms with van der Waals surface area (Å²) in [5.74, 6) is 0. The molecule has 1 saturated heterocycles. The molecule has 100 valence electrons. The van der Waals surface area contributed by atoms with E-state index in [1.807, 2.05) is 0 Å². The molecule has 3 heteroatoms. The first kappa shape index (κ1) is 13.4. The van der Waals surface area contributed by atoms with Crippen LogP contribution in [-0.2, 0) is 11.2 Å². The highest BCUT2D eigenvalue weighted by Crippen LogP contribution is 2.28. The molecular weight excluding hydrogens is 224 g/mol. The van der Waals surface area contributed by atoms with Gasteiger partial charge in [0.15, 0.2) is 0 Å². The summed E-state index contributed by atoms with van der Waals surface area (Å²) < 4.78 is 5.57. The zero-order valence-corrected chi connectivity index (χ0v) is 11.7. The molecule has 1 aliphatic heterocycles. The Kier molecular flexibility index (Phi) is 3.93. The van der Waals surface area contributed by atoms with Gasteiger partial charge >= 0.3 is 0 Å². The molecule has 18 heavy (non-hydrogen) atoms. The predicted molar refractivity (Wildman–Crippen MR) is 76.2 cm³/mol. The summed E-state index contributed by atoms with van der Waals surface area (Å²) >= 11 is 0. The van der Waals surface area contributed by atoms with E-state index < -0.39 is 0 Å². The van der Waals surface area contributed by atoms with Gasteiger partial charge < -0.3 is 15.4 Å². The number of rotatable bonds is 3. The third-order valence-corrected chi connectivity index (χ3v) is 3.70. The second-order valence-corrected chi connectivity index (χ2v) is 5.67. The number of morpholine rings is 1. The largest absolute Gasteiger partial charge is 0.377 e. The van der Waals surface area contributed by atoms with Crippen molar-refractivity contribution < 1.29 is 4.74 Å². The van der Waals surface area contributed by atoms with Gasteiger partial charge in [0.1, 0.15) is 0 Å². The van der Waals surface area contributed by atoms with Gasteiger partial charge in [0, 0.05) is 12.2 Å². The van der Waals surface area contributed by atoms with E-state index in [-0.39, 0.29) is 5.54 Å². The summed E-state index contributed by atoms with van der Waals surface area (Å²) in [7, 11) is 0. The molecule has 0 radical (unpaired) electrons. The number of hydrogen-bond donors (Lipinski definition) is 1. The van der Waals surface area contributed by atoms with Gasteiger partial charge in [-0.2, -0.15) is 0 Å². The summed E-state index contributed by atoms with van der Waals surface area (Å²) in [5.41, 5.74) is 9.68. The molecule has 0 bridgehead atoms. The normalized spacial score (nSPS) is 19.0. The summed E-state index contributed by atoms with van der Waals surface area (Å²) in [6.45, 7) is 9.90. The van der Waals surface area contributed by atoms with Crippen molar-refractivity contribution >= 4 is 5.69 Å². The molecule has 1 aliphatic rings. The van der Waals surface area contributed by atoms with E-state index in [0.717, 1.165) is 26.2 Å². The van der Waals surface area contributed by atoms with Gasteiger partial charge in [-0.05, 0) is 57.0 Å². The van der Waals surface area contributed by atoms with Gasteiger partial charge in [-0.3, -0.25) is 0 Å². The van der Waals surface area contributed by atoms with Gasteiger partial charge in [0.25, 0.3) is 0 Å². The first-order valence-corrected chi connectivity index (χ1v) is 6.69. The van der Waals surface area contributed by atoms with E-state index in [4.69, 9.17) is 10.5 Å². The second-order valence-electron chi connectivity index (χ2n) is 5.67. The number of ether oxygens (including phenoxy) is 1. The Labute approximate surface area is 110 Å². The first-order chi connectivity index (χ1) is 8.54. The quantitative estimate of drug-likeness (QED) is 0.890. The van der Waals surface area contributed by atoms with Crippen LogP contribution < -0.4 is 10.6 Å². The highest BCUT2D eigenvalue weighted by atomic mass is 16.5. The maximum atomic E-state index is 5.63. The second kappa shape index (κ2) is 5.29. The fourth-order valence-electron chi connectivity index (χ4n) is 2.62. The number of nitrogens with zero attached hydrogens (tertiary/aromatic N) is 1. The molecule has 0 amide bonds. The fourth-order valence-corrected chi connectivity index (χ4v) is 2.62. The summed E-state index contributed by atoms with van der Waals surface area (Å²) in [6, 6.07) is 6.70. The minimum Gasteiger partial charge on any atom is -0.377 e. The topological polar surface area (TPSA) is 38.5 Å². The summed E-state index contributed by atoms with van der Waals surface area (Å²) in [6.07, 6.45) is 0.957. The molecule has 0 atom stereocenters. The molecule has 1 fully saturated rings. The number of aryl methyl sites for hydroxylation is 1. The Morgan fingerprint density at radius 2 is 2.17 bits per heavy atom. The maximum absolute atomic E-state index is 5.63. The highest BCUT2D eigenvalue weighted by Gasteiger charge is 2.30. The molecule has 1 aromatic rings. The van der Waals surface area contributed by atoms with Gasteiger partial charge in [-0.25, -0.2) is 0 Å². The van der Waals surface area contributed by atoms with Crippen LogP contribution in [0.25, 0.3) is 0 Å². The van der Waals surface area contributed by atoms with Crippen LogP contribution in [0.4, 0.5) is 5.69 Å². The monoisotopic (exact) mass is 248 g/mol. The van der Waals surface area contributed by atoms with Gasteiger partial charge in [0.2, 0.25) is 0 Å². The Morgan fingerprint density at radius 1 is 1.39 bits per heavy atom. The fraction of sp³-hybridized carbons (Fsp3) is 0.600. The lowest BCUT2D eigenvalue weighted by Gasteiger charge is -2.44. The van der Waals surface area contributed by atoms with Crippen LogP contribution in [0.5, 0.6) is 0 Å². The third kappa shape index (κ3) is 2.68. The third-order valence-electron chi connectivity index (χ3n) is 3.70. The van der Waals surface area contributed by atoms with Crippen LogP contribution in [0.3, 0.4) is 0 Å². The molecule has 0 aromatic heterocycles. The van der Waals surface area contributed by atoms with Gasteiger partial charge in [0.05, 0.1) is 18.8 Å². The SMILES string of the molecule is Cc1cc(N2CCOCC2(C)C)ccc1CCN. The zero-order valence-electron chi connectivity index (χ0n) is 11.7. The molecule has 0 saturated carbocycles. The van der Waals surface area contributed by atoms with Crippen molar-refractivity contribution in [3.8, 4) is 0 Å². The van der Waals surface area contributed by atoms with Gasteiger partial charge in [-0.15, -0.1) is 0 Å². The molecule has 3 nitrogen and oxygen atoms in total. The Balaban J connectivity index is 2.25. The molecular formula is C15H24N2O. The summed E-state index contributed by atoms with van der Waals surface area (Å²) in [4.78, 5) is 2.44. The Bertz CT molecular complexity index is 415. The molecule has 2 rings (SSSR count). The van der Waals surface area contributed by atoms with Crippen molar-refractivity contribution in [2.24, 2.45) is 5.73 Å². The van der Waals surface area contributed by atoms with Crippen molar-refractivity contribution in [2.75, 3.05) is 31.2 Å². The summed E-state index contributed by atoms with van der Waals surface area (Å²) in [5, 5.41) is 0. The number of anilines is 1. The Morgan fingerprint density at radius 3 is 2.78 bits per heavy atom.